The number of tetrazole rings is 1. The quantitative estimate of drug-likeness (QED) is 0.395. The van der Waals surface area contributed by atoms with Gasteiger partial charge >= 0.3 is 0 Å². The summed E-state index contributed by atoms with van der Waals surface area (Å²) in [7, 11) is 1.59. The molecule has 1 fully saturated rings. The molecule has 4 aromatic rings. The molecule has 5 rings (SSSR count). The second kappa shape index (κ2) is 10.3. The third-order valence-corrected chi connectivity index (χ3v) is 6.22. The first-order chi connectivity index (χ1) is 17.1. The smallest absolute Gasteiger partial charge is 0.252 e. The summed E-state index contributed by atoms with van der Waals surface area (Å²) in [6.07, 6.45) is 2.12. The predicted octanol–water partition coefficient (Wildman–Crippen LogP) is 3.04. The second-order valence-corrected chi connectivity index (χ2v) is 8.76. The first-order valence-electron chi connectivity index (χ1n) is 11.6. The van der Waals surface area contributed by atoms with Gasteiger partial charge in [0.15, 0.2) is 5.82 Å². The molecule has 35 heavy (non-hydrogen) atoms. The lowest BCUT2D eigenvalue weighted by Gasteiger charge is -2.22. The fourth-order valence-electron chi connectivity index (χ4n) is 4.39. The fourth-order valence-corrected chi connectivity index (χ4v) is 4.39. The van der Waals surface area contributed by atoms with E-state index in [1.165, 1.54) is 12.1 Å². The van der Waals surface area contributed by atoms with Crippen LogP contribution in [0.4, 0.5) is 4.39 Å². The standard InChI is InChI=1S/C25H27FN6O3/c1-34-21-9-6-18-11-19(25(33)27-23(18)12-21)14-31(13-17-4-7-20(26)8-5-17)16-24-28-29-30-32(24)15-22-3-2-10-35-22/h4-9,11-12,22H,2-3,10,13-16H2,1H3,(H,27,33)/t22-/m1/s1. The molecule has 2 aromatic heterocycles. The molecule has 0 spiro atoms. The maximum Gasteiger partial charge on any atom is 0.252 e. The molecule has 10 heteroatoms. The van der Waals surface area contributed by atoms with E-state index in [1.54, 1.807) is 30.0 Å². The van der Waals surface area contributed by atoms with Crippen molar-refractivity contribution in [2.24, 2.45) is 0 Å². The van der Waals surface area contributed by atoms with E-state index < -0.39 is 0 Å². The highest BCUT2D eigenvalue weighted by molar-refractivity contribution is 5.80. The number of methoxy groups -OCH3 is 1. The maximum atomic E-state index is 13.5. The van der Waals surface area contributed by atoms with Crippen LogP contribution in [-0.2, 0) is 30.9 Å². The average molecular weight is 479 g/mol. The first-order valence-corrected chi connectivity index (χ1v) is 11.6. The van der Waals surface area contributed by atoms with Crippen molar-refractivity contribution in [2.75, 3.05) is 13.7 Å². The number of rotatable bonds is 9. The van der Waals surface area contributed by atoms with Crippen LogP contribution >= 0.6 is 0 Å². The summed E-state index contributed by atoms with van der Waals surface area (Å²) in [5.74, 6) is 1.07. The van der Waals surface area contributed by atoms with E-state index in [-0.39, 0.29) is 17.5 Å². The van der Waals surface area contributed by atoms with Crippen LogP contribution in [0.15, 0.2) is 53.3 Å². The number of pyridine rings is 1. The summed E-state index contributed by atoms with van der Waals surface area (Å²) in [5.41, 5.74) is 2.08. The topological polar surface area (TPSA) is 98.2 Å². The van der Waals surface area contributed by atoms with Gasteiger partial charge in [-0.3, -0.25) is 9.69 Å². The SMILES string of the molecule is COc1ccc2cc(CN(Cc3ccc(F)cc3)Cc3nnnn3C[C@H]3CCCO3)c(=O)[nH]c2c1. The van der Waals surface area contributed by atoms with Crippen molar-refractivity contribution >= 4 is 10.9 Å². The predicted molar refractivity (Wildman–Crippen MR) is 127 cm³/mol. The zero-order valence-electron chi connectivity index (χ0n) is 19.5. The number of H-pyrrole nitrogens is 1. The minimum absolute atomic E-state index is 0.100. The Morgan fingerprint density at radius 1 is 1.17 bits per heavy atom. The monoisotopic (exact) mass is 478 g/mol. The number of aromatic amines is 1. The van der Waals surface area contributed by atoms with E-state index in [9.17, 15) is 9.18 Å². The van der Waals surface area contributed by atoms with Gasteiger partial charge in [-0.1, -0.05) is 12.1 Å². The average Bonchev–Trinajstić information content (AvgIpc) is 3.53. The van der Waals surface area contributed by atoms with Gasteiger partial charge in [0, 0.05) is 31.3 Å². The Labute approximate surface area is 201 Å². The van der Waals surface area contributed by atoms with E-state index in [4.69, 9.17) is 9.47 Å². The van der Waals surface area contributed by atoms with Crippen LogP contribution < -0.4 is 10.3 Å². The number of nitrogens with zero attached hydrogens (tertiary/aromatic N) is 5. The number of aromatic nitrogens is 5. The molecule has 1 atom stereocenters. The van der Waals surface area contributed by atoms with Crippen molar-refractivity contribution in [3.63, 3.8) is 0 Å². The van der Waals surface area contributed by atoms with Gasteiger partial charge in [0.05, 0.1) is 31.8 Å². The highest BCUT2D eigenvalue weighted by Gasteiger charge is 2.21. The molecule has 0 aliphatic carbocycles. The van der Waals surface area contributed by atoms with Gasteiger partial charge in [0.1, 0.15) is 11.6 Å². The Hall–Kier alpha value is -3.63. The summed E-state index contributed by atoms with van der Waals surface area (Å²) in [4.78, 5) is 18.0. The van der Waals surface area contributed by atoms with Crippen LogP contribution in [0.3, 0.4) is 0 Å². The Morgan fingerprint density at radius 2 is 2.03 bits per heavy atom. The van der Waals surface area contributed by atoms with Gasteiger partial charge in [-0.05, 0) is 64.5 Å². The highest BCUT2D eigenvalue weighted by Crippen LogP contribution is 2.20. The lowest BCUT2D eigenvalue weighted by atomic mass is 10.1. The van der Waals surface area contributed by atoms with Crippen molar-refractivity contribution in [1.82, 2.24) is 30.1 Å². The van der Waals surface area contributed by atoms with Gasteiger partial charge in [-0.2, -0.15) is 0 Å². The number of benzene rings is 2. The summed E-state index contributed by atoms with van der Waals surface area (Å²) < 4.78 is 26.2. The number of hydrogen-bond acceptors (Lipinski definition) is 7. The van der Waals surface area contributed by atoms with Gasteiger partial charge in [-0.25, -0.2) is 9.07 Å². The van der Waals surface area contributed by atoms with Crippen LogP contribution in [0, 0.1) is 5.82 Å². The van der Waals surface area contributed by atoms with Crippen LogP contribution in [0.1, 0.15) is 29.8 Å². The largest absolute Gasteiger partial charge is 0.497 e. The molecule has 0 radical (unpaired) electrons. The van der Waals surface area contributed by atoms with Crippen LogP contribution in [0.2, 0.25) is 0 Å². The Balaban J connectivity index is 1.42. The van der Waals surface area contributed by atoms with Crippen molar-refractivity contribution in [3.8, 4) is 5.75 Å². The molecule has 182 valence electrons. The zero-order valence-corrected chi connectivity index (χ0v) is 19.5. The van der Waals surface area contributed by atoms with Crippen LogP contribution in [-0.4, -0.2) is 49.9 Å². The second-order valence-electron chi connectivity index (χ2n) is 8.76. The third kappa shape index (κ3) is 5.55. The van der Waals surface area contributed by atoms with Gasteiger partial charge in [-0.15, -0.1) is 5.10 Å². The minimum atomic E-state index is -0.290. The fraction of sp³-hybridized carbons (Fsp3) is 0.360. The molecule has 0 bridgehead atoms. The van der Waals surface area contributed by atoms with Crippen molar-refractivity contribution in [3.05, 3.63) is 81.7 Å². The summed E-state index contributed by atoms with van der Waals surface area (Å²) in [6, 6.07) is 13.8. The zero-order chi connectivity index (χ0) is 24.2. The highest BCUT2D eigenvalue weighted by atomic mass is 19.1. The molecule has 0 unspecified atom stereocenters. The number of nitrogens with one attached hydrogen (secondary N) is 1. The van der Waals surface area contributed by atoms with Gasteiger partial charge in [0.2, 0.25) is 0 Å². The van der Waals surface area contributed by atoms with Crippen molar-refractivity contribution in [2.45, 2.75) is 45.1 Å². The van der Waals surface area contributed by atoms with E-state index >= 15 is 0 Å². The normalized spacial score (nSPS) is 15.8. The van der Waals surface area contributed by atoms with E-state index in [0.717, 1.165) is 30.4 Å². The molecule has 1 aliphatic rings. The molecule has 1 N–H and O–H groups in total. The molecule has 1 saturated heterocycles. The molecular weight excluding hydrogens is 451 g/mol. The van der Waals surface area contributed by atoms with Crippen molar-refractivity contribution < 1.29 is 13.9 Å². The van der Waals surface area contributed by atoms with E-state index in [1.807, 2.05) is 18.2 Å². The number of fused-ring (bicyclic) bond motifs is 1. The maximum absolute atomic E-state index is 13.5. The van der Waals surface area contributed by atoms with Gasteiger partial charge in [0.25, 0.3) is 5.56 Å². The van der Waals surface area contributed by atoms with Crippen LogP contribution in [0.5, 0.6) is 5.75 Å². The number of ether oxygens (including phenoxy) is 2. The Kier molecular flexibility index (Phi) is 6.82. The van der Waals surface area contributed by atoms with E-state index in [2.05, 4.69) is 25.4 Å². The minimum Gasteiger partial charge on any atom is -0.497 e. The summed E-state index contributed by atoms with van der Waals surface area (Å²) in [6.45, 7) is 2.62. The molecule has 1 aliphatic heterocycles. The molecule has 3 heterocycles. The lowest BCUT2D eigenvalue weighted by Crippen LogP contribution is -2.29. The summed E-state index contributed by atoms with van der Waals surface area (Å²) in [5, 5.41) is 13.2. The van der Waals surface area contributed by atoms with Gasteiger partial charge < -0.3 is 14.5 Å². The third-order valence-electron chi connectivity index (χ3n) is 6.22. The lowest BCUT2D eigenvalue weighted by molar-refractivity contribution is 0.0914. The number of hydrogen-bond donors (Lipinski definition) is 1. The molecule has 0 amide bonds. The van der Waals surface area contributed by atoms with Crippen molar-refractivity contribution in [1.29, 1.82) is 0 Å². The number of halogens is 1. The van der Waals surface area contributed by atoms with Crippen LogP contribution in [0.25, 0.3) is 10.9 Å². The molecule has 2 aromatic carbocycles. The molecule has 0 saturated carbocycles. The first kappa shape index (κ1) is 23.1. The molecule has 9 nitrogen and oxygen atoms in total. The Morgan fingerprint density at radius 3 is 2.80 bits per heavy atom. The van der Waals surface area contributed by atoms with E-state index in [0.29, 0.717) is 48.8 Å². The molecular formula is C25H27FN6O3. The summed E-state index contributed by atoms with van der Waals surface area (Å²) >= 11 is 0. The Bertz CT molecular complexity index is 1350.